The quantitative estimate of drug-likeness (QED) is 0.826. The zero-order valence-electron chi connectivity index (χ0n) is 14.8. The van der Waals surface area contributed by atoms with Gasteiger partial charge in [-0.25, -0.2) is 5.43 Å². The van der Waals surface area contributed by atoms with E-state index in [0.29, 0.717) is 12.0 Å². The Bertz CT molecular complexity index is 822. The Balaban J connectivity index is 1.73. The zero-order chi connectivity index (χ0) is 18.5. The van der Waals surface area contributed by atoms with Gasteiger partial charge in [0, 0.05) is 11.7 Å². The molecule has 2 N–H and O–H groups in total. The topological polar surface area (TPSA) is 27.3 Å². The molecule has 138 valence electrons. The van der Waals surface area contributed by atoms with Crippen molar-refractivity contribution in [3.8, 4) is 0 Å². The molecule has 2 heterocycles. The van der Waals surface area contributed by atoms with E-state index in [1.807, 2.05) is 19.0 Å². The number of nitrogens with one attached hydrogen (secondary N) is 2. The van der Waals surface area contributed by atoms with E-state index in [1.54, 1.807) is 6.07 Å². The Morgan fingerprint density at radius 2 is 2.08 bits per heavy atom. The Labute approximate surface area is 151 Å². The first-order valence-electron chi connectivity index (χ1n) is 8.84. The molecule has 0 spiro atoms. The first kappa shape index (κ1) is 17.4. The van der Waals surface area contributed by atoms with Crippen molar-refractivity contribution in [3.05, 3.63) is 70.6 Å². The minimum atomic E-state index is -4.33. The van der Waals surface area contributed by atoms with E-state index >= 15 is 0 Å². The monoisotopic (exact) mass is 361 g/mol. The highest BCUT2D eigenvalue weighted by Crippen LogP contribution is 2.45. The van der Waals surface area contributed by atoms with Crippen LogP contribution in [0.3, 0.4) is 0 Å². The zero-order valence-corrected chi connectivity index (χ0v) is 14.8. The number of hydrazine groups is 1. The number of rotatable bonds is 2. The highest BCUT2D eigenvalue weighted by atomic mass is 19.4. The first-order valence-corrected chi connectivity index (χ1v) is 8.84. The van der Waals surface area contributed by atoms with E-state index in [1.165, 1.54) is 23.3 Å². The molecule has 2 aliphatic heterocycles. The molecule has 0 amide bonds. The van der Waals surface area contributed by atoms with E-state index in [0.717, 1.165) is 24.6 Å². The lowest BCUT2D eigenvalue weighted by Crippen LogP contribution is -2.47. The highest BCUT2D eigenvalue weighted by Gasteiger charge is 2.43. The predicted molar refractivity (Wildman–Crippen MR) is 94.7 cm³/mol. The lowest BCUT2D eigenvalue weighted by atomic mass is 9.72. The Morgan fingerprint density at radius 3 is 2.81 bits per heavy atom. The van der Waals surface area contributed by atoms with Gasteiger partial charge < -0.3 is 5.32 Å². The Hall–Kier alpha value is -2.05. The molecular formula is C20H22F3N3. The number of fused-ring (bicyclic) bond motifs is 2. The van der Waals surface area contributed by atoms with E-state index in [4.69, 9.17) is 0 Å². The third kappa shape index (κ3) is 2.77. The molecule has 3 aliphatic rings. The molecule has 6 heteroatoms. The molecule has 3 nitrogen and oxygen atoms in total. The maximum absolute atomic E-state index is 13.2. The van der Waals surface area contributed by atoms with Gasteiger partial charge >= 0.3 is 6.18 Å². The summed E-state index contributed by atoms with van der Waals surface area (Å²) < 4.78 is 39.5. The summed E-state index contributed by atoms with van der Waals surface area (Å²) in [5.41, 5.74) is 6.66. The molecule has 1 aromatic carbocycles. The average Bonchev–Trinajstić information content (AvgIpc) is 2.97. The number of alkyl halides is 3. The van der Waals surface area contributed by atoms with E-state index < -0.39 is 17.3 Å². The second kappa shape index (κ2) is 5.99. The molecule has 1 aliphatic carbocycles. The van der Waals surface area contributed by atoms with Crippen molar-refractivity contribution in [2.45, 2.75) is 43.9 Å². The van der Waals surface area contributed by atoms with Crippen LogP contribution in [0.2, 0.25) is 0 Å². The molecule has 1 saturated carbocycles. The second-order valence-corrected chi connectivity index (χ2v) is 7.29. The van der Waals surface area contributed by atoms with Crippen LogP contribution in [0.25, 0.3) is 0 Å². The van der Waals surface area contributed by atoms with Crippen LogP contribution in [0, 0.1) is 0 Å². The smallest absolute Gasteiger partial charge is 0.310 e. The van der Waals surface area contributed by atoms with Crippen molar-refractivity contribution in [2.75, 3.05) is 7.05 Å². The minimum Gasteiger partial charge on any atom is -0.310 e. The van der Waals surface area contributed by atoms with Crippen LogP contribution in [-0.4, -0.2) is 18.1 Å². The van der Waals surface area contributed by atoms with Crippen LogP contribution in [0.4, 0.5) is 13.2 Å². The summed E-state index contributed by atoms with van der Waals surface area (Å²) in [5.74, 6) is 0. The standard InChI is InChI=1S/C20H22F3N3/c1-13-6-7-18-16-11-19(24-2,9-8-17(16)25-26(18)12-13)14-4-3-5-15(10-14)20(21,22)23/h3-7,10,12,17,24-25H,8-9,11H2,1-2H3. The molecule has 0 bridgehead atoms. The van der Waals surface area contributed by atoms with E-state index in [-0.39, 0.29) is 6.04 Å². The van der Waals surface area contributed by atoms with Gasteiger partial charge in [-0.1, -0.05) is 18.2 Å². The summed E-state index contributed by atoms with van der Waals surface area (Å²) in [6, 6.07) is 5.98. The van der Waals surface area contributed by atoms with Crippen LogP contribution >= 0.6 is 0 Å². The number of benzene rings is 1. The summed E-state index contributed by atoms with van der Waals surface area (Å²) >= 11 is 0. The third-order valence-corrected chi connectivity index (χ3v) is 5.71. The van der Waals surface area contributed by atoms with Crippen LogP contribution in [0.15, 0.2) is 59.5 Å². The fraction of sp³-hybridized carbons (Fsp3) is 0.400. The molecule has 0 radical (unpaired) electrons. The van der Waals surface area contributed by atoms with Gasteiger partial charge in [0.1, 0.15) is 0 Å². The van der Waals surface area contributed by atoms with E-state index in [2.05, 4.69) is 29.1 Å². The normalized spacial score (nSPS) is 28.1. The van der Waals surface area contributed by atoms with Gasteiger partial charge in [0.25, 0.3) is 0 Å². The molecule has 1 aromatic rings. The average molecular weight is 361 g/mol. The van der Waals surface area contributed by atoms with Crippen molar-refractivity contribution >= 4 is 0 Å². The summed E-state index contributed by atoms with van der Waals surface area (Å²) in [6.45, 7) is 2.04. The van der Waals surface area contributed by atoms with Crippen LogP contribution in [0.1, 0.15) is 37.3 Å². The minimum absolute atomic E-state index is 0.240. The molecule has 0 saturated heterocycles. The van der Waals surface area contributed by atoms with Gasteiger partial charge in [0.15, 0.2) is 0 Å². The Morgan fingerprint density at radius 1 is 1.27 bits per heavy atom. The third-order valence-electron chi connectivity index (χ3n) is 5.71. The SMILES string of the molecule is CNC1(c2cccc(C(F)(F)F)c2)CCC2NN3C=C(C)C=CC3=C2C1. The summed E-state index contributed by atoms with van der Waals surface area (Å²) in [7, 11) is 1.84. The van der Waals surface area contributed by atoms with Crippen molar-refractivity contribution in [1.29, 1.82) is 0 Å². The van der Waals surface area contributed by atoms with Gasteiger partial charge in [0.05, 0.1) is 17.3 Å². The number of halogens is 3. The number of hydrogen-bond donors (Lipinski definition) is 2. The molecular weight excluding hydrogens is 339 g/mol. The molecule has 1 fully saturated rings. The molecule has 2 atom stereocenters. The van der Waals surface area contributed by atoms with Crippen LogP contribution in [-0.2, 0) is 11.7 Å². The van der Waals surface area contributed by atoms with Gasteiger partial charge in [0.2, 0.25) is 0 Å². The fourth-order valence-electron chi connectivity index (χ4n) is 4.25. The summed E-state index contributed by atoms with van der Waals surface area (Å²) in [5, 5.41) is 5.39. The van der Waals surface area contributed by atoms with Gasteiger partial charge in [-0.15, -0.1) is 0 Å². The lowest BCUT2D eigenvalue weighted by molar-refractivity contribution is -0.137. The number of hydrogen-bond acceptors (Lipinski definition) is 3. The van der Waals surface area contributed by atoms with Crippen molar-refractivity contribution in [2.24, 2.45) is 0 Å². The van der Waals surface area contributed by atoms with Crippen LogP contribution in [0.5, 0.6) is 0 Å². The van der Waals surface area contributed by atoms with Crippen molar-refractivity contribution in [1.82, 2.24) is 15.8 Å². The summed E-state index contributed by atoms with van der Waals surface area (Å²) in [4.78, 5) is 0. The predicted octanol–water partition coefficient (Wildman–Crippen LogP) is 4.22. The van der Waals surface area contributed by atoms with Crippen molar-refractivity contribution in [3.63, 3.8) is 0 Å². The van der Waals surface area contributed by atoms with Gasteiger partial charge in [-0.2, -0.15) is 13.2 Å². The molecule has 0 aromatic heterocycles. The van der Waals surface area contributed by atoms with Gasteiger partial charge in [-0.3, -0.25) is 5.01 Å². The maximum Gasteiger partial charge on any atom is 0.416 e. The number of nitrogens with zero attached hydrogens (tertiary/aromatic N) is 1. The van der Waals surface area contributed by atoms with E-state index in [9.17, 15) is 13.2 Å². The van der Waals surface area contributed by atoms with Crippen LogP contribution < -0.4 is 10.7 Å². The first-order chi connectivity index (χ1) is 12.3. The lowest BCUT2D eigenvalue weighted by Gasteiger charge is -2.41. The summed E-state index contributed by atoms with van der Waals surface area (Å²) in [6.07, 6.45) is 4.23. The number of allylic oxidation sites excluding steroid dienone is 3. The molecule has 2 unspecified atom stereocenters. The molecule has 4 rings (SSSR count). The largest absolute Gasteiger partial charge is 0.416 e. The Kier molecular flexibility index (Phi) is 4.00. The maximum atomic E-state index is 13.2. The van der Waals surface area contributed by atoms with Gasteiger partial charge in [-0.05, 0) is 68.2 Å². The fourth-order valence-corrected chi connectivity index (χ4v) is 4.25. The highest BCUT2D eigenvalue weighted by molar-refractivity contribution is 5.44. The second-order valence-electron chi connectivity index (χ2n) is 7.29. The van der Waals surface area contributed by atoms with Crippen molar-refractivity contribution < 1.29 is 13.2 Å². The molecule has 26 heavy (non-hydrogen) atoms.